The zero-order valence-electron chi connectivity index (χ0n) is 16.2. The van der Waals surface area contributed by atoms with E-state index in [1.54, 1.807) is 11.1 Å². The van der Waals surface area contributed by atoms with Crippen LogP contribution in [0.2, 0.25) is 0 Å². The summed E-state index contributed by atoms with van der Waals surface area (Å²) in [6.07, 6.45) is 12.3. The SMILES string of the molecule is C#C[C@]1(O)CC[C@H]2[C@@H]3CCc4cc(C(C)(C)C)ccc4[C@H]3CC[C@@]21C. The van der Waals surface area contributed by atoms with Gasteiger partial charge in [-0.1, -0.05) is 51.8 Å². The first-order valence-electron chi connectivity index (χ1n) is 10.0. The standard InChI is InChI=1S/C24H32O/c1-6-24(25)14-12-21-20-9-7-16-15-17(22(2,3)4)8-10-18(16)19(20)11-13-23(21,24)5/h1,8,10,15,19-21,25H,7,9,11-14H2,2-5H3/t19-,20-,21+,23+,24+/m1/s1. The number of fused-ring (bicyclic) bond motifs is 5. The highest BCUT2D eigenvalue weighted by Crippen LogP contribution is 2.64. The molecule has 2 saturated carbocycles. The fourth-order valence-electron chi connectivity index (χ4n) is 6.30. The van der Waals surface area contributed by atoms with Crippen molar-refractivity contribution >= 4 is 0 Å². The van der Waals surface area contributed by atoms with E-state index in [0.717, 1.165) is 19.3 Å². The quantitative estimate of drug-likeness (QED) is 0.645. The molecule has 3 aliphatic carbocycles. The molecule has 0 spiro atoms. The van der Waals surface area contributed by atoms with Gasteiger partial charge in [0.2, 0.25) is 0 Å². The molecule has 1 aromatic carbocycles. The molecule has 25 heavy (non-hydrogen) atoms. The molecule has 1 aromatic rings. The van der Waals surface area contributed by atoms with Crippen molar-refractivity contribution in [2.45, 2.75) is 83.2 Å². The fraction of sp³-hybridized carbons (Fsp3) is 0.667. The van der Waals surface area contributed by atoms with Crippen LogP contribution in [0.15, 0.2) is 18.2 Å². The smallest absolute Gasteiger partial charge is 0.130 e. The van der Waals surface area contributed by atoms with Crippen molar-refractivity contribution in [2.75, 3.05) is 0 Å². The Morgan fingerprint density at radius 1 is 1.16 bits per heavy atom. The molecule has 4 rings (SSSR count). The van der Waals surface area contributed by atoms with Gasteiger partial charge in [-0.05, 0) is 78.4 Å². The van der Waals surface area contributed by atoms with Crippen molar-refractivity contribution in [3.63, 3.8) is 0 Å². The lowest BCUT2D eigenvalue weighted by Crippen LogP contribution is -2.50. The van der Waals surface area contributed by atoms with E-state index < -0.39 is 5.60 Å². The van der Waals surface area contributed by atoms with Crippen molar-refractivity contribution < 1.29 is 5.11 Å². The third-order valence-corrected chi connectivity index (χ3v) is 7.98. The van der Waals surface area contributed by atoms with Gasteiger partial charge in [-0.2, -0.15) is 0 Å². The Kier molecular flexibility index (Phi) is 3.69. The molecule has 5 atom stereocenters. The van der Waals surface area contributed by atoms with Crippen LogP contribution in [0.25, 0.3) is 0 Å². The molecular formula is C24H32O. The number of hydrogen-bond acceptors (Lipinski definition) is 1. The van der Waals surface area contributed by atoms with Crippen LogP contribution in [0.3, 0.4) is 0 Å². The zero-order chi connectivity index (χ0) is 18.0. The maximum atomic E-state index is 11.0. The molecule has 0 bridgehead atoms. The van der Waals surface area contributed by atoms with E-state index in [1.807, 2.05) is 0 Å². The summed E-state index contributed by atoms with van der Waals surface area (Å²) in [4.78, 5) is 0. The molecule has 1 N–H and O–H groups in total. The van der Waals surface area contributed by atoms with Crippen LogP contribution in [-0.2, 0) is 11.8 Å². The zero-order valence-corrected chi connectivity index (χ0v) is 16.2. The summed E-state index contributed by atoms with van der Waals surface area (Å²) < 4.78 is 0. The number of hydrogen-bond donors (Lipinski definition) is 1. The largest absolute Gasteiger partial charge is 0.377 e. The lowest BCUT2D eigenvalue weighted by atomic mass is 9.53. The summed E-state index contributed by atoms with van der Waals surface area (Å²) in [5.41, 5.74) is 3.84. The van der Waals surface area contributed by atoms with Crippen molar-refractivity contribution in [3.8, 4) is 12.3 Å². The highest BCUT2D eigenvalue weighted by atomic mass is 16.3. The van der Waals surface area contributed by atoms with Crippen molar-refractivity contribution in [1.82, 2.24) is 0 Å². The normalized spacial score (nSPS) is 39.9. The fourth-order valence-corrected chi connectivity index (χ4v) is 6.30. The average Bonchev–Trinajstić information content (AvgIpc) is 2.85. The number of aliphatic hydroxyl groups is 1. The predicted molar refractivity (Wildman–Crippen MR) is 104 cm³/mol. The lowest BCUT2D eigenvalue weighted by molar-refractivity contribution is -0.0646. The number of aryl methyl sites for hydroxylation is 1. The number of benzene rings is 1. The summed E-state index contributed by atoms with van der Waals surface area (Å²) in [6, 6.07) is 7.23. The molecule has 3 aliphatic rings. The summed E-state index contributed by atoms with van der Waals surface area (Å²) in [7, 11) is 0. The van der Waals surface area contributed by atoms with E-state index in [1.165, 1.54) is 24.8 Å². The second kappa shape index (κ2) is 5.37. The summed E-state index contributed by atoms with van der Waals surface area (Å²) in [5.74, 6) is 4.70. The van der Waals surface area contributed by atoms with Gasteiger partial charge in [-0.3, -0.25) is 0 Å². The highest BCUT2D eigenvalue weighted by molar-refractivity contribution is 5.40. The molecule has 134 valence electrons. The average molecular weight is 337 g/mol. The van der Waals surface area contributed by atoms with Crippen LogP contribution in [0.1, 0.15) is 82.4 Å². The minimum Gasteiger partial charge on any atom is -0.377 e. The van der Waals surface area contributed by atoms with Gasteiger partial charge >= 0.3 is 0 Å². The van der Waals surface area contributed by atoms with Crippen molar-refractivity contribution in [1.29, 1.82) is 0 Å². The van der Waals surface area contributed by atoms with Gasteiger partial charge in [-0.15, -0.1) is 6.42 Å². The number of rotatable bonds is 0. The Morgan fingerprint density at radius 2 is 1.92 bits per heavy atom. The molecule has 1 heteroatoms. The molecule has 0 aliphatic heterocycles. The topological polar surface area (TPSA) is 20.2 Å². The molecule has 1 nitrogen and oxygen atoms in total. The van der Waals surface area contributed by atoms with Gasteiger partial charge in [0, 0.05) is 5.41 Å². The third-order valence-electron chi connectivity index (χ3n) is 7.98. The van der Waals surface area contributed by atoms with E-state index >= 15 is 0 Å². The molecule has 0 amide bonds. The minimum atomic E-state index is -0.890. The maximum absolute atomic E-state index is 11.0. The molecule has 0 aromatic heterocycles. The highest BCUT2D eigenvalue weighted by Gasteiger charge is 2.61. The van der Waals surface area contributed by atoms with Crippen molar-refractivity contribution in [2.24, 2.45) is 17.3 Å². The van der Waals surface area contributed by atoms with Crippen molar-refractivity contribution in [3.05, 3.63) is 34.9 Å². The van der Waals surface area contributed by atoms with Gasteiger partial charge in [0.15, 0.2) is 0 Å². The van der Waals surface area contributed by atoms with Gasteiger partial charge in [0.25, 0.3) is 0 Å². The lowest BCUT2D eigenvalue weighted by Gasteiger charge is -2.52. The first-order valence-corrected chi connectivity index (χ1v) is 10.0. The van der Waals surface area contributed by atoms with E-state index in [-0.39, 0.29) is 10.8 Å². The molecule has 0 heterocycles. The van der Waals surface area contributed by atoms with Crippen LogP contribution in [0.5, 0.6) is 0 Å². The Bertz CT molecular complexity index is 733. The van der Waals surface area contributed by atoms with Crippen LogP contribution >= 0.6 is 0 Å². The van der Waals surface area contributed by atoms with E-state index in [4.69, 9.17) is 6.42 Å². The Hall–Kier alpha value is -1.26. The first-order chi connectivity index (χ1) is 11.7. The third kappa shape index (κ3) is 2.33. The van der Waals surface area contributed by atoms with Gasteiger partial charge in [0.05, 0.1) is 0 Å². The first kappa shape index (κ1) is 17.2. The van der Waals surface area contributed by atoms with E-state index in [9.17, 15) is 5.11 Å². The minimum absolute atomic E-state index is 0.0915. The molecular weight excluding hydrogens is 304 g/mol. The van der Waals surface area contributed by atoms with Crippen LogP contribution in [0, 0.1) is 29.6 Å². The van der Waals surface area contributed by atoms with Crippen LogP contribution in [-0.4, -0.2) is 10.7 Å². The Morgan fingerprint density at radius 3 is 2.60 bits per heavy atom. The summed E-state index contributed by atoms with van der Waals surface area (Å²) in [5, 5.41) is 11.0. The monoisotopic (exact) mass is 336 g/mol. The predicted octanol–water partition coefficient (Wildman–Crippen LogP) is 5.20. The Balaban J connectivity index is 1.69. The molecule has 0 radical (unpaired) electrons. The molecule has 0 saturated heterocycles. The van der Waals surface area contributed by atoms with Gasteiger partial charge in [0.1, 0.15) is 5.60 Å². The molecule has 0 unspecified atom stereocenters. The number of terminal acetylenes is 1. The Labute approximate surface area is 153 Å². The summed E-state index contributed by atoms with van der Waals surface area (Å²) in [6.45, 7) is 9.15. The van der Waals surface area contributed by atoms with Crippen LogP contribution in [0.4, 0.5) is 0 Å². The van der Waals surface area contributed by atoms with Gasteiger partial charge < -0.3 is 5.11 Å². The van der Waals surface area contributed by atoms with E-state index in [2.05, 4.69) is 51.8 Å². The summed E-state index contributed by atoms with van der Waals surface area (Å²) >= 11 is 0. The maximum Gasteiger partial charge on any atom is 0.130 e. The second-order valence-corrected chi connectivity index (χ2v) is 10.1. The van der Waals surface area contributed by atoms with Crippen LogP contribution < -0.4 is 0 Å². The van der Waals surface area contributed by atoms with Gasteiger partial charge in [-0.25, -0.2) is 0 Å². The second-order valence-electron chi connectivity index (χ2n) is 10.1. The molecule has 2 fully saturated rings. The van der Waals surface area contributed by atoms with E-state index in [0.29, 0.717) is 17.8 Å².